The highest BCUT2D eigenvalue weighted by molar-refractivity contribution is 8.00. The summed E-state index contributed by atoms with van der Waals surface area (Å²) < 4.78 is 7.01. The fourth-order valence-corrected chi connectivity index (χ4v) is 4.29. The number of thioether (sulfide) groups is 1. The topological polar surface area (TPSA) is 77.1 Å². The lowest BCUT2D eigenvalue weighted by Crippen LogP contribution is -2.27. The number of fused-ring (bicyclic) bond motifs is 1. The number of amides is 1. The van der Waals surface area contributed by atoms with Gasteiger partial charge in [-0.15, -0.1) is 0 Å². The number of hydrogen-bond donors (Lipinski definition) is 1. The van der Waals surface area contributed by atoms with Crippen molar-refractivity contribution in [3.63, 3.8) is 0 Å². The van der Waals surface area contributed by atoms with Gasteiger partial charge in [0.1, 0.15) is 5.76 Å². The number of hydrogen-bond acceptors (Lipinski definition) is 5. The first-order valence-corrected chi connectivity index (χ1v) is 10.9. The van der Waals surface area contributed by atoms with Crippen LogP contribution in [0.3, 0.4) is 0 Å². The van der Waals surface area contributed by atoms with E-state index in [0.29, 0.717) is 21.8 Å². The SMILES string of the molecule is Cc1cccc(C)c1NC(=O)[C@@H](C)Sc1nc2ccccc2c(=O)n1Cc1ccco1. The van der Waals surface area contributed by atoms with Gasteiger partial charge in [-0.25, -0.2) is 4.98 Å². The van der Waals surface area contributed by atoms with Gasteiger partial charge >= 0.3 is 0 Å². The molecular formula is C24H23N3O3S. The van der Waals surface area contributed by atoms with Crippen molar-refractivity contribution in [1.29, 1.82) is 0 Å². The van der Waals surface area contributed by atoms with Crippen molar-refractivity contribution in [2.24, 2.45) is 0 Å². The zero-order valence-corrected chi connectivity index (χ0v) is 18.4. The Hall–Kier alpha value is -3.32. The van der Waals surface area contributed by atoms with Crippen molar-refractivity contribution < 1.29 is 9.21 Å². The van der Waals surface area contributed by atoms with Crippen molar-refractivity contribution in [2.75, 3.05) is 5.32 Å². The summed E-state index contributed by atoms with van der Waals surface area (Å²) >= 11 is 1.26. The van der Waals surface area contributed by atoms with Gasteiger partial charge in [-0.05, 0) is 56.2 Å². The Morgan fingerprint density at radius 3 is 2.55 bits per heavy atom. The Morgan fingerprint density at radius 2 is 1.84 bits per heavy atom. The number of rotatable bonds is 6. The standard InChI is InChI=1S/C24H23N3O3S/c1-15-8-6-9-16(2)21(15)26-22(28)17(3)31-24-25-20-12-5-4-11-19(20)23(29)27(24)14-18-10-7-13-30-18/h4-13,17H,14H2,1-3H3,(H,26,28)/t17-/m1/s1. The van der Waals surface area contributed by atoms with Crippen LogP contribution in [-0.4, -0.2) is 20.7 Å². The van der Waals surface area contributed by atoms with E-state index in [4.69, 9.17) is 4.42 Å². The first-order chi connectivity index (χ1) is 14.9. The normalized spacial score (nSPS) is 12.1. The van der Waals surface area contributed by atoms with Crippen LogP contribution in [0.2, 0.25) is 0 Å². The molecule has 2 aromatic heterocycles. The van der Waals surface area contributed by atoms with Crippen LogP contribution < -0.4 is 10.9 Å². The molecule has 4 rings (SSSR count). The highest BCUT2D eigenvalue weighted by Gasteiger charge is 2.21. The number of aryl methyl sites for hydroxylation is 2. The fraction of sp³-hybridized carbons (Fsp3) is 0.208. The van der Waals surface area contributed by atoms with Crippen LogP contribution in [0, 0.1) is 13.8 Å². The lowest BCUT2D eigenvalue weighted by atomic mass is 10.1. The predicted octanol–water partition coefficient (Wildman–Crippen LogP) is 4.77. The number of carbonyl (C=O) groups is 1. The molecule has 2 heterocycles. The van der Waals surface area contributed by atoms with Crippen molar-refractivity contribution >= 4 is 34.3 Å². The molecule has 1 atom stereocenters. The Balaban J connectivity index is 1.66. The number of para-hydroxylation sites is 2. The second kappa shape index (κ2) is 8.81. The predicted molar refractivity (Wildman–Crippen MR) is 124 cm³/mol. The summed E-state index contributed by atoms with van der Waals surface area (Å²) in [5.74, 6) is 0.503. The van der Waals surface area contributed by atoms with Gasteiger partial charge in [-0.3, -0.25) is 14.2 Å². The van der Waals surface area contributed by atoms with Crippen LogP contribution >= 0.6 is 11.8 Å². The largest absolute Gasteiger partial charge is 0.467 e. The van der Waals surface area contributed by atoms with Gasteiger partial charge in [-0.1, -0.05) is 42.1 Å². The molecule has 4 aromatic rings. The molecule has 158 valence electrons. The number of nitrogens with zero attached hydrogens (tertiary/aromatic N) is 2. The summed E-state index contributed by atoms with van der Waals surface area (Å²) in [5, 5.41) is 3.57. The summed E-state index contributed by atoms with van der Waals surface area (Å²) in [6.07, 6.45) is 1.57. The summed E-state index contributed by atoms with van der Waals surface area (Å²) in [6.45, 7) is 5.99. The number of benzene rings is 2. The molecule has 0 aliphatic carbocycles. The Bertz CT molecular complexity index is 1280. The Morgan fingerprint density at radius 1 is 1.10 bits per heavy atom. The molecule has 0 fully saturated rings. The maximum Gasteiger partial charge on any atom is 0.262 e. The zero-order valence-electron chi connectivity index (χ0n) is 17.6. The number of carbonyl (C=O) groups excluding carboxylic acids is 1. The van der Waals surface area contributed by atoms with E-state index in [1.165, 1.54) is 11.8 Å². The fourth-order valence-electron chi connectivity index (χ4n) is 3.38. The average Bonchev–Trinajstić information content (AvgIpc) is 3.27. The monoisotopic (exact) mass is 433 g/mol. The number of furan rings is 1. The quantitative estimate of drug-likeness (QED) is 0.350. The zero-order chi connectivity index (χ0) is 22.0. The number of nitrogens with one attached hydrogen (secondary N) is 1. The molecule has 0 saturated carbocycles. The third-order valence-electron chi connectivity index (χ3n) is 5.10. The third-order valence-corrected chi connectivity index (χ3v) is 6.19. The molecule has 31 heavy (non-hydrogen) atoms. The van der Waals surface area contributed by atoms with Gasteiger partial charge in [0.05, 0.1) is 29.0 Å². The molecule has 0 bridgehead atoms. The molecule has 1 N–H and O–H groups in total. The minimum atomic E-state index is -0.463. The first-order valence-electron chi connectivity index (χ1n) is 9.99. The van der Waals surface area contributed by atoms with Gasteiger partial charge in [0.15, 0.2) is 5.16 Å². The molecule has 1 amide bonds. The van der Waals surface area contributed by atoms with E-state index in [-0.39, 0.29) is 18.0 Å². The minimum absolute atomic E-state index is 0.144. The highest BCUT2D eigenvalue weighted by atomic mass is 32.2. The molecule has 0 aliphatic rings. The van der Waals surface area contributed by atoms with E-state index < -0.39 is 5.25 Å². The van der Waals surface area contributed by atoms with E-state index in [1.54, 1.807) is 29.0 Å². The summed E-state index contributed by atoms with van der Waals surface area (Å²) in [7, 11) is 0. The van der Waals surface area contributed by atoms with Crippen LogP contribution in [0.5, 0.6) is 0 Å². The molecule has 0 radical (unpaired) electrons. The van der Waals surface area contributed by atoms with E-state index in [1.807, 2.05) is 57.2 Å². The summed E-state index contributed by atoms with van der Waals surface area (Å²) in [4.78, 5) is 30.8. The molecule has 0 unspecified atom stereocenters. The van der Waals surface area contributed by atoms with Gasteiger partial charge in [0.25, 0.3) is 5.56 Å². The van der Waals surface area contributed by atoms with Gasteiger partial charge in [0, 0.05) is 5.69 Å². The molecule has 0 saturated heterocycles. The van der Waals surface area contributed by atoms with Crippen LogP contribution in [0.4, 0.5) is 5.69 Å². The van der Waals surface area contributed by atoms with E-state index in [0.717, 1.165) is 16.8 Å². The van der Waals surface area contributed by atoms with Crippen molar-refractivity contribution in [2.45, 2.75) is 37.7 Å². The second-order valence-electron chi connectivity index (χ2n) is 7.40. The van der Waals surface area contributed by atoms with Crippen molar-refractivity contribution in [3.05, 3.63) is 88.1 Å². The average molecular weight is 434 g/mol. The van der Waals surface area contributed by atoms with Crippen LogP contribution in [0.25, 0.3) is 10.9 Å². The number of anilines is 1. The lowest BCUT2D eigenvalue weighted by molar-refractivity contribution is -0.115. The van der Waals surface area contributed by atoms with Crippen LogP contribution in [0.15, 0.2) is 75.2 Å². The van der Waals surface area contributed by atoms with Gasteiger partial charge < -0.3 is 9.73 Å². The van der Waals surface area contributed by atoms with Crippen molar-refractivity contribution in [1.82, 2.24) is 9.55 Å². The molecule has 7 heteroatoms. The second-order valence-corrected chi connectivity index (χ2v) is 8.71. The first kappa shape index (κ1) is 20.9. The molecular weight excluding hydrogens is 410 g/mol. The van der Waals surface area contributed by atoms with Crippen LogP contribution in [-0.2, 0) is 11.3 Å². The van der Waals surface area contributed by atoms with Gasteiger partial charge in [-0.2, -0.15) is 0 Å². The molecule has 2 aromatic carbocycles. The van der Waals surface area contributed by atoms with Crippen LogP contribution in [0.1, 0.15) is 23.8 Å². The third kappa shape index (κ3) is 4.41. The van der Waals surface area contributed by atoms with Gasteiger partial charge in [0.2, 0.25) is 5.91 Å². The number of aromatic nitrogens is 2. The maximum absolute atomic E-state index is 13.2. The molecule has 0 spiro atoms. The maximum atomic E-state index is 13.2. The smallest absolute Gasteiger partial charge is 0.262 e. The van der Waals surface area contributed by atoms with Crippen molar-refractivity contribution in [3.8, 4) is 0 Å². The van der Waals surface area contributed by atoms with E-state index in [2.05, 4.69) is 10.3 Å². The van der Waals surface area contributed by atoms with E-state index >= 15 is 0 Å². The molecule has 6 nitrogen and oxygen atoms in total. The highest BCUT2D eigenvalue weighted by Crippen LogP contribution is 2.26. The molecule has 0 aliphatic heterocycles. The Labute approximate surface area is 184 Å². The lowest BCUT2D eigenvalue weighted by Gasteiger charge is -2.17. The van der Waals surface area contributed by atoms with E-state index in [9.17, 15) is 9.59 Å². The Kier molecular flexibility index (Phi) is 5.95. The summed E-state index contributed by atoms with van der Waals surface area (Å²) in [5.41, 5.74) is 3.27. The minimum Gasteiger partial charge on any atom is -0.467 e. The summed E-state index contributed by atoms with van der Waals surface area (Å²) in [6, 6.07) is 16.7.